The van der Waals surface area contributed by atoms with Gasteiger partial charge in [-0.05, 0) is 0 Å². The summed E-state index contributed by atoms with van der Waals surface area (Å²) in [4.78, 5) is 39.6. The molecule has 0 aromatic rings. The molecule has 13 heteroatoms. The van der Waals surface area contributed by atoms with E-state index in [1.54, 1.807) is 0 Å². The van der Waals surface area contributed by atoms with Crippen molar-refractivity contribution in [2.45, 2.75) is 21.0 Å². The van der Waals surface area contributed by atoms with Crippen molar-refractivity contribution in [2.75, 3.05) is 0 Å². The summed E-state index contributed by atoms with van der Waals surface area (Å²) in [6.45, 7) is 0. The predicted molar refractivity (Wildman–Crippen MR) is 70.7 cm³/mol. The maximum Gasteiger partial charge on any atom is 4.00 e. The van der Waals surface area contributed by atoms with Crippen LogP contribution >= 0.6 is 50.5 Å². The summed E-state index contributed by atoms with van der Waals surface area (Å²) < 4.78 is -3.89. The normalized spacial score (nSPS) is 10.5. The number of hydrogen-bond acceptors (Lipinski definition) is 12. The predicted octanol–water partition coefficient (Wildman–Crippen LogP) is -5.14. The largest absolute Gasteiger partial charge is 4.00 e. The van der Waals surface area contributed by atoms with E-state index in [1.165, 1.54) is 0 Å². The Morgan fingerprint density at radius 3 is 0.905 bits per heavy atom. The quantitative estimate of drug-likeness (QED) is 0.227. The van der Waals surface area contributed by atoms with Crippen LogP contribution in [0.15, 0.2) is 0 Å². The molecule has 1 radical (unpaired) electrons. The molecule has 0 fully saturated rings. The molecule has 0 amide bonds. The van der Waals surface area contributed by atoms with Crippen molar-refractivity contribution in [3.63, 3.8) is 0 Å². The van der Waals surface area contributed by atoms with Crippen LogP contribution in [0.3, 0.4) is 0 Å². The maximum atomic E-state index is 10.0. The van der Waals surface area contributed by atoms with Gasteiger partial charge in [0.25, 0.3) is 0 Å². The van der Waals surface area contributed by atoms with Crippen molar-refractivity contribution in [3.8, 4) is 0 Å². The van der Waals surface area contributed by atoms with Crippen LogP contribution in [0.5, 0.6) is 0 Å². The third-order valence-corrected chi connectivity index (χ3v) is 2.80. The van der Waals surface area contributed by atoms with Crippen LogP contribution < -0.4 is 20.4 Å². The molecule has 0 unspecified atom stereocenters. The van der Waals surface area contributed by atoms with E-state index in [4.69, 9.17) is 0 Å². The number of rotatable bonds is 6. The zero-order valence-corrected chi connectivity index (χ0v) is 15.3. The van der Waals surface area contributed by atoms with Gasteiger partial charge in [-0.3, -0.25) is 0 Å². The molecule has 0 atom stereocenters. The first kappa shape index (κ1) is 25.9. The molecule has 8 nitrogen and oxygen atoms in total. The van der Waals surface area contributed by atoms with Crippen molar-refractivity contribution in [1.29, 1.82) is 0 Å². The molecule has 0 heterocycles. The van der Waals surface area contributed by atoms with Gasteiger partial charge in [-0.2, -0.15) is 50.5 Å². The Balaban J connectivity index is -0.000000295. The molecule has 0 spiro atoms. The van der Waals surface area contributed by atoms with Crippen LogP contribution in [-0.4, -0.2) is 32.0 Å². The summed E-state index contributed by atoms with van der Waals surface area (Å²) in [7, 11) is 0. The van der Waals surface area contributed by atoms with E-state index >= 15 is 0 Å². The topological polar surface area (TPSA) is 161 Å². The Kier molecular flexibility index (Phi) is 13.1. The van der Waals surface area contributed by atoms with Gasteiger partial charge in [-0.25, -0.2) is 0 Å². The molecule has 119 valence electrons. The molecule has 0 bridgehead atoms. The second-order valence-corrected chi connectivity index (χ2v) is 7.07. The number of thiol groups is 4. The number of carboxylic acid groups (broad SMARTS) is 4. The number of carbonyl (C=O) groups excluding carboxylic acids is 4. The second-order valence-electron chi connectivity index (χ2n) is 3.31. The minimum absolute atomic E-state index is 0. The number of carboxylic acids is 4. The summed E-state index contributed by atoms with van der Waals surface area (Å²) in [6.07, 6.45) is -1.58. The van der Waals surface area contributed by atoms with Gasteiger partial charge in [0.2, 0.25) is 0 Å². The first-order chi connectivity index (χ1) is 8.72. The van der Waals surface area contributed by atoms with Gasteiger partial charge in [0.1, 0.15) is 0 Å². The molecule has 0 aliphatic heterocycles. The fourth-order valence-corrected chi connectivity index (χ4v) is 1.06. The van der Waals surface area contributed by atoms with E-state index < -0.39 is 44.9 Å². The van der Waals surface area contributed by atoms with Crippen LogP contribution in [-0.2, 0) is 39.3 Å². The zero-order valence-electron chi connectivity index (χ0n) is 9.85. The van der Waals surface area contributed by atoms with E-state index in [0.717, 1.165) is 0 Å². The fourth-order valence-electron chi connectivity index (χ4n) is 0.547. The summed E-state index contributed by atoms with van der Waals surface area (Å²) in [5.74, 6) is -6.37. The van der Waals surface area contributed by atoms with Crippen molar-refractivity contribution >= 4 is 74.4 Å². The van der Waals surface area contributed by atoms with E-state index in [1.807, 2.05) is 0 Å². The number of aliphatic carboxylic acids is 4. The van der Waals surface area contributed by atoms with Crippen molar-refractivity contribution < 1.29 is 59.7 Å². The minimum Gasteiger partial charge on any atom is -0.550 e. The Morgan fingerprint density at radius 1 is 0.667 bits per heavy atom. The van der Waals surface area contributed by atoms with Crippen LogP contribution in [0.25, 0.3) is 0 Å². The van der Waals surface area contributed by atoms with Crippen molar-refractivity contribution in [3.05, 3.63) is 0 Å². The molecular weight excluding hydrogens is 450 g/mol. The Bertz CT molecular complexity index is 373. The molecular formula is C8H8O8S4Tc. The molecule has 0 rings (SSSR count). The van der Waals surface area contributed by atoms with E-state index in [9.17, 15) is 39.6 Å². The first-order valence-corrected chi connectivity index (χ1v) is 6.23. The van der Waals surface area contributed by atoms with Gasteiger partial charge in [0.05, 0.1) is 20.1 Å². The van der Waals surface area contributed by atoms with Gasteiger partial charge in [-0.15, -0.1) is 0 Å². The summed E-state index contributed by atoms with van der Waals surface area (Å²) in [5.41, 5.74) is 0. The smallest absolute Gasteiger partial charge is 0.550 e. The molecule has 0 saturated carbocycles. The Morgan fingerprint density at radius 2 is 0.857 bits per heavy atom. The van der Waals surface area contributed by atoms with E-state index in [0.29, 0.717) is 0 Å². The zero-order chi connectivity index (χ0) is 16.7. The monoisotopic (exact) mass is 457 g/mol. The molecule has 0 saturated heterocycles. The van der Waals surface area contributed by atoms with Crippen molar-refractivity contribution in [2.24, 2.45) is 0 Å². The molecule has 21 heavy (non-hydrogen) atoms. The van der Waals surface area contributed by atoms with Crippen LogP contribution in [0.1, 0.15) is 12.8 Å². The number of carbonyl (C=O) groups is 4. The van der Waals surface area contributed by atoms with Gasteiger partial charge in [0, 0.05) is 24.8 Å². The SMILES string of the molecule is O=C([O-])CC(S)(S)C(=O)[O-].O=C([O-])CC(S)(S)C(=O)[O-].[Tc+4]. The minimum atomic E-state index is -1.95. The summed E-state index contributed by atoms with van der Waals surface area (Å²) in [6, 6.07) is 0. The number of hydrogen-bond donors (Lipinski definition) is 4. The van der Waals surface area contributed by atoms with Gasteiger partial charge in [-0.1, -0.05) is 0 Å². The fraction of sp³-hybridized carbons (Fsp3) is 0.500. The van der Waals surface area contributed by atoms with Gasteiger partial charge >= 0.3 is 20.1 Å². The summed E-state index contributed by atoms with van der Waals surface area (Å²) >= 11 is 13.6. The molecule has 0 N–H and O–H groups in total. The molecule has 0 aromatic heterocycles. The molecule has 0 aliphatic carbocycles. The third kappa shape index (κ3) is 13.3. The maximum absolute atomic E-state index is 10.0. The average Bonchev–Trinajstić information content (AvgIpc) is 2.13. The average molecular weight is 458 g/mol. The van der Waals surface area contributed by atoms with Crippen LogP contribution in [0, 0.1) is 0 Å². The third-order valence-electron chi connectivity index (χ3n) is 1.44. The molecule has 0 aliphatic rings. The van der Waals surface area contributed by atoms with E-state index in [2.05, 4.69) is 50.5 Å². The molecule has 0 aromatic carbocycles. The first-order valence-electron chi connectivity index (χ1n) is 4.44. The Labute approximate surface area is 154 Å². The Hall–Kier alpha value is -0.0706. The summed E-state index contributed by atoms with van der Waals surface area (Å²) in [5, 5.41) is 39.6. The van der Waals surface area contributed by atoms with E-state index in [-0.39, 0.29) is 20.1 Å². The van der Waals surface area contributed by atoms with Crippen molar-refractivity contribution in [1.82, 2.24) is 0 Å². The van der Waals surface area contributed by atoms with Gasteiger partial charge in [0.15, 0.2) is 0 Å². The standard InChI is InChI=1S/2C4H6O4S2.Tc/c2*5-2(6)1-4(9,10)3(7)8;/h2*9-10H,1H2,(H,5,6)(H,7,8);/q;;+4/p-4. The van der Waals surface area contributed by atoms with Crippen LogP contribution in [0.4, 0.5) is 0 Å². The van der Waals surface area contributed by atoms with Gasteiger partial charge < -0.3 is 39.6 Å². The van der Waals surface area contributed by atoms with Crippen LogP contribution in [0.2, 0.25) is 0 Å². The second kappa shape index (κ2) is 10.6.